The number of thiol groups is 1. The summed E-state index contributed by atoms with van der Waals surface area (Å²) in [6.07, 6.45) is 0. The Bertz CT molecular complexity index is 388. The van der Waals surface area contributed by atoms with Crippen molar-refractivity contribution in [2.45, 2.75) is 33.1 Å². The van der Waals surface area contributed by atoms with E-state index in [9.17, 15) is 0 Å². The van der Waals surface area contributed by atoms with Crippen LogP contribution < -0.4 is 10.1 Å². The van der Waals surface area contributed by atoms with Crippen LogP contribution in [0.1, 0.15) is 30.5 Å². The maximum absolute atomic E-state index is 5.35. The Morgan fingerprint density at radius 2 is 1.88 bits per heavy atom. The highest BCUT2D eigenvalue weighted by Crippen LogP contribution is 2.31. The van der Waals surface area contributed by atoms with E-state index in [2.05, 4.69) is 57.8 Å². The molecule has 0 saturated carbocycles. The van der Waals surface area contributed by atoms with Crippen LogP contribution in [-0.2, 0) is 5.41 Å². The maximum Gasteiger partial charge on any atom is 0.122 e. The fourth-order valence-electron chi connectivity index (χ4n) is 2.21. The second kappa shape index (κ2) is 5.78. The highest BCUT2D eigenvalue weighted by atomic mass is 32.1. The summed E-state index contributed by atoms with van der Waals surface area (Å²) in [5.74, 6) is 1.67. The van der Waals surface area contributed by atoms with Crippen molar-refractivity contribution < 1.29 is 4.74 Å². The Balaban J connectivity index is 3.10. The third kappa shape index (κ3) is 3.17. The van der Waals surface area contributed by atoms with Crippen LogP contribution in [0.15, 0.2) is 12.1 Å². The predicted molar refractivity (Wildman–Crippen MR) is 77.3 cm³/mol. The largest absolute Gasteiger partial charge is 0.496 e. The van der Waals surface area contributed by atoms with Crippen LogP contribution in [0.3, 0.4) is 0 Å². The lowest BCUT2D eigenvalue weighted by Crippen LogP contribution is -2.33. The van der Waals surface area contributed by atoms with Crippen molar-refractivity contribution in [3.63, 3.8) is 0 Å². The predicted octanol–water partition coefficient (Wildman–Crippen LogP) is 3.07. The highest BCUT2D eigenvalue weighted by Gasteiger charge is 2.23. The van der Waals surface area contributed by atoms with Crippen molar-refractivity contribution in [3.05, 3.63) is 28.8 Å². The van der Waals surface area contributed by atoms with E-state index < -0.39 is 0 Å². The van der Waals surface area contributed by atoms with E-state index in [4.69, 9.17) is 4.74 Å². The summed E-state index contributed by atoms with van der Waals surface area (Å²) in [7, 11) is 1.72. The fourth-order valence-corrected chi connectivity index (χ4v) is 2.33. The summed E-state index contributed by atoms with van der Waals surface area (Å²) in [5, 5.41) is 3.30. The molecule has 0 radical (unpaired) electrons. The van der Waals surface area contributed by atoms with E-state index in [1.807, 2.05) is 0 Å². The number of benzene rings is 1. The van der Waals surface area contributed by atoms with Gasteiger partial charge in [-0.1, -0.05) is 19.9 Å². The van der Waals surface area contributed by atoms with Gasteiger partial charge in [-0.3, -0.25) is 0 Å². The quantitative estimate of drug-likeness (QED) is 0.621. The van der Waals surface area contributed by atoms with Crippen molar-refractivity contribution in [3.8, 4) is 5.75 Å². The summed E-state index contributed by atoms with van der Waals surface area (Å²) in [6.45, 7) is 9.69. The van der Waals surface area contributed by atoms with Gasteiger partial charge in [0.25, 0.3) is 0 Å². The van der Waals surface area contributed by atoms with E-state index in [1.54, 1.807) is 7.11 Å². The first-order valence-corrected chi connectivity index (χ1v) is 6.53. The minimum absolute atomic E-state index is 0.101. The van der Waals surface area contributed by atoms with Gasteiger partial charge in [-0.15, -0.1) is 0 Å². The minimum Gasteiger partial charge on any atom is -0.496 e. The van der Waals surface area contributed by atoms with Gasteiger partial charge in [-0.25, -0.2) is 0 Å². The van der Waals surface area contributed by atoms with Gasteiger partial charge in [0.1, 0.15) is 5.75 Å². The van der Waals surface area contributed by atoms with Crippen LogP contribution in [0, 0.1) is 13.8 Å². The Hall–Kier alpha value is -0.670. The minimum atomic E-state index is 0.101. The Morgan fingerprint density at radius 1 is 1.24 bits per heavy atom. The molecule has 0 atom stereocenters. The van der Waals surface area contributed by atoms with E-state index in [-0.39, 0.29) is 5.41 Å². The molecule has 0 spiro atoms. The van der Waals surface area contributed by atoms with Crippen LogP contribution in [0.25, 0.3) is 0 Å². The van der Waals surface area contributed by atoms with Crippen LogP contribution in [0.4, 0.5) is 0 Å². The molecule has 0 aliphatic heterocycles. The SMILES string of the molecule is COc1ccc(C(C)(C)CNCS)c(C)c1C. The van der Waals surface area contributed by atoms with Gasteiger partial charge in [0.05, 0.1) is 7.11 Å². The lowest BCUT2D eigenvalue weighted by atomic mass is 9.80. The molecule has 3 heteroatoms. The van der Waals surface area contributed by atoms with Crippen LogP contribution in [-0.4, -0.2) is 19.5 Å². The van der Waals surface area contributed by atoms with Gasteiger partial charge in [-0.05, 0) is 36.6 Å². The molecule has 1 N–H and O–H groups in total. The topological polar surface area (TPSA) is 21.3 Å². The lowest BCUT2D eigenvalue weighted by molar-refractivity contribution is 0.409. The zero-order chi connectivity index (χ0) is 13.1. The van der Waals surface area contributed by atoms with Crippen molar-refractivity contribution in [1.82, 2.24) is 5.32 Å². The van der Waals surface area contributed by atoms with Crippen LogP contribution >= 0.6 is 12.6 Å². The Morgan fingerprint density at radius 3 is 2.41 bits per heavy atom. The van der Waals surface area contributed by atoms with Gasteiger partial charge in [-0.2, -0.15) is 12.6 Å². The Labute approximate surface area is 110 Å². The van der Waals surface area contributed by atoms with Gasteiger partial charge < -0.3 is 10.1 Å². The zero-order valence-corrected chi connectivity index (χ0v) is 12.3. The number of hydrogen-bond donors (Lipinski definition) is 2. The number of nitrogens with one attached hydrogen (secondary N) is 1. The third-order valence-electron chi connectivity index (χ3n) is 3.37. The number of hydrogen-bond acceptors (Lipinski definition) is 3. The molecule has 96 valence electrons. The first-order valence-electron chi connectivity index (χ1n) is 5.90. The fraction of sp³-hybridized carbons (Fsp3) is 0.571. The molecule has 1 aromatic carbocycles. The Kier molecular flexibility index (Phi) is 4.90. The van der Waals surface area contributed by atoms with E-state index >= 15 is 0 Å². The molecule has 0 aliphatic rings. The number of methoxy groups -OCH3 is 1. The molecular weight excluding hydrogens is 230 g/mol. The molecule has 0 saturated heterocycles. The molecule has 0 fully saturated rings. The highest BCUT2D eigenvalue weighted by molar-refractivity contribution is 7.80. The molecule has 0 amide bonds. The molecule has 0 aromatic heterocycles. The summed E-state index contributed by atoms with van der Waals surface area (Å²) in [5.41, 5.74) is 4.01. The smallest absolute Gasteiger partial charge is 0.122 e. The van der Waals surface area contributed by atoms with Gasteiger partial charge >= 0.3 is 0 Å². The second-order valence-corrected chi connectivity index (χ2v) is 5.35. The van der Waals surface area contributed by atoms with Gasteiger partial charge in [0.15, 0.2) is 0 Å². The zero-order valence-electron chi connectivity index (χ0n) is 11.4. The first-order chi connectivity index (χ1) is 7.94. The molecule has 2 nitrogen and oxygen atoms in total. The molecule has 1 aromatic rings. The average molecular weight is 253 g/mol. The summed E-state index contributed by atoms with van der Waals surface area (Å²) in [6, 6.07) is 4.22. The van der Waals surface area contributed by atoms with E-state index in [0.29, 0.717) is 5.88 Å². The van der Waals surface area contributed by atoms with Crippen molar-refractivity contribution in [2.75, 3.05) is 19.5 Å². The molecule has 17 heavy (non-hydrogen) atoms. The summed E-state index contributed by atoms with van der Waals surface area (Å²) < 4.78 is 5.35. The molecule has 0 unspecified atom stereocenters. The third-order valence-corrected chi connectivity index (χ3v) is 3.59. The second-order valence-electron chi connectivity index (χ2n) is 5.03. The van der Waals surface area contributed by atoms with E-state index in [1.165, 1.54) is 16.7 Å². The maximum atomic E-state index is 5.35. The van der Waals surface area contributed by atoms with Crippen LogP contribution in [0.5, 0.6) is 5.75 Å². The molecular formula is C14H23NOS. The van der Waals surface area contributed by atoms with E-state index in [0.717, 1.165) is 12.3 Å². The molecule has 0 bridgehead atoms. The van der Waals surface area contributed by atoms with Crippen molar-refractivity contribution in [2.24, 2.45) is 0 Å². The monoisotopic (exact) mass is 253 g/mol. The molecule has 0 heterocycles. The van der Waals surface area contributed by atoms with Crippen molar-refractivity contribution in [1.29, 1.82) is 0 Å². The summed E-state index contributed by atoms with van der Waals surface area (Å²) >= 11 is 4.19. The van der Waals surface area contributed by atoms with Gasteiger partial charge in [0.2, 0.25) is 0 Å². The molecule has 0 aliphatic carbocycles. The number of rotatable bonds is 5. The van der Waals surface area contributed by atoms with Gasteiger partial charge in [0, 0.05) is 17.8 Å². The number of ether oxygens (including phenoxy) is 1. The summed E-state index contributed by atoms with van der Waals surface area (Å²) in [4.78, 5) is 0. The lowest BCUT2D eigenvalue weighted by Gasteiger charge is -2.28. The molecule has 1 rings (SSSR count). The standard InChI is InChI=1S/C14H23NOS/c1-10-11(2)13(16-5)7-6-12(10)14(3,4)8-15-9-17/h6-7,15,17H,8-9H2,1-5H3. The normalized spacial score (nSPS) is 11.6. The average Bonchev–Trinajstić information content (AvgIpc) is 2.29. The van der Waals surface area contributed by atoms with Crippen LogP contribution in [0.2, 0.25) is 0 Å². The first kappa shape index (κ1) is 14.4. The van der Waals surface area contributed by atoms with Crippen molar-refractivity contribution >= 4 is 12.6 Å².